The number of carbonyl (C=O) groups is 2. The van der Waals surface area contributed by atoms with E-state index in [2.05, 4.69) is 11.9 Å². The van der Waals surface area contributed by atoms with E-state index in [0.29, 0.717) is 18.4 Å². The zero-order chi connectivity index (χ0) is 17.8. The van der Waals surface area contributed by atoms with Crippen molar-refractivity contribution in [2.24, 2.45) is 4.99 Å². The van der Waals surface area contributed by atoms with Crippen LogP contribution in [0, 0.1) is 0 Å². The van der Waals surface area contributed by atoms with Gasteiger partial charge in [0.15, 0.2) is 11.5 Å². The molecule has 0 spiro atoms. The number of carboxylic acid groups (broad SMARTS) is 1. The lowest BCUT2D eigenvalue weighted by atomic mass is 10.0. The lowest BCUT2D eigenvalue weighted by molar-refractivity contribution is -0.137. The van der Waals surface area contributed by atoms with Crippen molar-refractivity contribution in [2.75, 3.05) is 0 Å². The van der Waals surface area contributed by atoms with Gasteiger partial charge in [-0.15, -0.1) is 0 Å². The van der Waals surface area contributed by atoms with Crippen molar-refractivity contribution in [3.8, 4) is 0 Å². The topological polar surface area (TPSA) is 87.0 Å². The Balaban J connectivity index is 2.20. The molecular formula is C19H31NO4. The highest BCUT2D eigenvalue weighted by Crippen LogP contribution is 2.25. The van der Waals surface area contributed by atoms with Crippen LogP contribution in [-0.4, -0.2) is 33.9 Å². The molecule has 0 fully saturated rings. The second-order valence-corrected chi connectivity index (χ2v) is 6.63. The van der Waals surface area contributed by atoms with Gasteiger partial charge in [0.2, 0.25) is 0 Å². The summed E-state index contributed by atoms with van der Waals surface area (Å²) in [6.45, 7) is 2.21. The van der Waals surface area contributed by atoms with Crippen molar-refractivity contribution < 1.29 is 19.8 Å². The minimum Gasteiger partial charge on any atom is -0.481 e. The Kier molecular flexibility index (Phi) is 9.53. The number of nitrogens with zero attached hydrogens (tertiary/aromatic N) is 1. The van der Waals surface area contributed by atoms with Gasteiger partial charge < -0.3 is 10.2 Å². The van der Waals surface area contributed by atoms with Crippen molar-refractivity contribution in [2.45, 2.75) is 89.7 Å². The normalized spacial score (nSPS) is 19.5. The van der Waals surface area contributed by atoms with Gasteiger partial charge in [0.25, 0.3) is 0 Å². The molecule has 0 bridgehead atoms. The largest absolute Gasteiger partial charge is 0.481 e. The Morgan fingerprint density at radius 2 is 1.62 bits per heavy atom. The minimum absolute atomic E-state index is 0.00674. The van der Waals surface area contributed by atoms with Crippen molar-refractivity contribution in [3.05, 3.63) is 11.6 Å². The number of aliphatic carboxylic acids is 1. The fourth-order valence-electron chi connectivity index (χ4n) is 2.86. The molecule has 0 amide bonds. The zero-order valence-corrected chi connectivity index (χ0v) is 14.8. The summed E-state index contributed by atoms with van der Waals surface area (Å²) in [7, 11) is 0. The Morgan fingerprint density at radius 1 is 1.00 bits per heavy atom. The van der Waals surface area contributed by atoms with E-state index < -0.39 is 11.7 Å². The van der Waals surface area contributed by atoms with Gasteiger partial charge >= 0.3 is 5.97 Å². The highest BCUT2D eigenvalue weighted by Gasteiger charge is 2.28. The summed E-state index contributed by atoms with van der Waals surface area (Å²) >= 11 is 0. The van der Waals surface area contributed by atoms with Crippen LogP contribution in [0.4, 0.5) is 0 Å². The number of carboxylic acids is 1. The maximum atomic E-state index is 12.1. The van der Waals surface area contributed by atoms with E-state index in [4.69, 9.17) is 5.11 Å². The van der Waals surface area contributed by atoms with Crippen molar-refractivity contribution in [1.82, 2.24) is 0 Å². The number of rotatable bonds is 14. The lowest BCUT2D eigenvalue weighted by Gasteiger charge is -2.15. The van der Waals surface area contributed by atoms with Gasteiger partial charge in [-0.25, -0.2) is 0 Å². The molecule has 24 heavy (non-hydrogen) atoms. The van der Waals surface area contributed by atoms with Crippen LogP contribution in [0.15, 0.2) is 16.6 Å². The quantitative estimate of drug-likeness (QED) is 0.468. The Bertz CT molecular complexity index is 470. The first-order chi connectivity index (χ1) is 11.5. The molecule has 1 aliphatic rings. The molecule has 0 aromatic heterocycles. The van der Waals surface area contributed by atoms with E-state index in [1.807, 2.05) is 0 Å². The number of aliphatic imine (C=N–C) groups is 1. The number of Topliss-reactive ketones (excluding diaryl/α,β-unsaturated/α-hetero) is 1. The van der Waals surface area contributed by atoms with Crippen molar-refractivity contribution in [1.29, 1.82) is 0 Å². The Hall–Kier alpha value is -1.49. The molecule has 0 aromatic rings. The standard InChI is InChI=1S/C19H31NO4/c1-2-3-4-5-6-7-8-9-11-17(21)16-14-19(24,20-15-16)13-10-12-18(22)23/h14-15,24H,2-13H2,1H3,(H,22,23). The van der Waals surface area contributed by atoms with Gasteiger partial charge in [0.05, 0.1) is 0 Å². The summed E-state index contributed by atoms with van der Waals surface area (Å²) in [5, 5.41) is 18.8. The first-order valence-electron chi connectivity index (χ1n) is 9.22. The van der Waals surface area contributed by atoms with Gasteiger partial charge in [-0.1, -0.05) is 51.9 Å². The van der Waals surface area contributed by atoms with E-state index in [-0.39, 0.29) is 18.6 Å². The SMILES string of the molecule is CCCCCCCCCCC(=O)C1=CC(O)(CCCC(=O)O)N=C1. The van der Waals surface area contributed by atoms with Gasteiger partial charge in [-0.3, -0.25) is 14.6 Å². The predicted octanol–water partition coefficient (Wildman–Crippen LogP) is 4.04. The van der Waals surface area contributed by atoms with E-state index in [0.717, 1.165) is 12.8 Å². The molecule has 2 N–H and O–H groups in total. The molecule has 0 saturated carbocycles. The predicted molar refractivity (Wildman–Crippen MR) is 95.2 cm³/mol. The summed E-state index contributed by atoms with van der Waals surface area (Å²) in [5.41, 5.74) is -0.949. The van der Waals surface area contributed by atoms with Crippen LogP contribution < -0.4 is 0 Å². The third-order valence-electron chi connectivity index (χ3n) is 4.33. The molecular weight excluding hydrogens is 306 g/mol. The summed E-state index contributed by atoms with van der Waals surface area (Å²) in [6.07, 6.45) is 13.4. The smallest absolute Gasteiger partial charge is 0.303 e. The second-order valence-electron chi connectivity index (χ2n) is 6.63. The van der Waals surface area contributed by atoms with Gasteiger partial charge in [0, 0.05) is 31.1 Å². The molecule has 1 unspecified atom stereocenters. The van der Waals surface area contributed by atoms with Crippen LogP contribution in [0.1, 0.15) is 84.0 Å². The fourth-order valence-corrected chi connectivity index (χ4v) is 2.86. The number of aliphatic hydroxyl groups is 1. The van der Waals surface area contributed by atoms with Gasteiger partial charge in [-0.2, -0.15) is 0 Å². The molecule has 0 aliphatic carbocycles. The third-order valence-corrected chi connectivity index (χ3v) is 4.33. The van der Waals surface area contributed by atoms with Crippen molar-refractivity contribution >= 4 is 18.0 Å². The molecule has 0 saturated heterocycles. The maximum absolute atomic E-state index is 12.1. The zero-order valence-electron chi connectivity index (χ0n) is 14.8. The molecule has 1 atom stereocenters. The molecule has 136 valence electrons. The number of hydrogen-bond acceptors (Lipinski definition) is 4. The summed E-state index contributed by atoms with van der Waals surface area (Å²) in [6, 6.07) is 0. The van der Waals surface area contributed by atoms with E-state index >= 15 is 0 Å². The van der Waals surface area contributed by atoms with Crippen LogP contribution in [0.3, 0.4) is 0 Å². The molecule has 5 heteroatoms. The number of carbonyl (C=O) groups excluding carboxylic acids is 1. The highest BCUT2D eigenvalue weighted by molar-refractivity contribution is 6.14. The molecule has 0 aromatic carbocycles. The monoisotopic (exact) mass is 337 g/mol. The average Bonchev–Trinajstić information content (AvgIpc) is 2.92. The maximum Gasteiger partial charge on any atom is 0.303 e. The van der Waals surface area contributed by atoms with Crippen LogP contribution in [0.5, 0.6) is 0 Å². The van der Waals surface area contributed by atoms with E-state index in [1.54, 1.807) is 0 Å². The summed E-state index contributed by atoms with van der Waals surface area (Å²) in [4.78, 5) is 26.6. The van der Waals surface area contributed by atoms with E-state index in [1.165, 1.54) is 50.8 Å². The number of allylic oxidation sites excluding steroid dienone is 1. The molecule has 1 aliphatic heterocycles. The molecule has 1 heterocycles. The van der Waals surface area contributed by atoms with Crippen molar-refractivity contribution in [3.63, 3.8) is 0 Å². The first kappa shape index (κ1) is 20.6. The first-order valence-corrected chi connectivity index (χ1v) is 9.22. The van der Waals surface area contributed by atoms with E-state index in [9.17, 15) is 14.7 Å². The Labute approximate surface area is 144 Å². The number of ketones is 1. The summed E-state index contributed by atoms with van der Waals surface area (Å²) < 4.78 is 0. The number of unbranched alkanes of at least 4 members (excludes halogenated alkanes) is 7. The lowest BCUT2D eigenvalue weighted by Crippen LogP contribution is -2.21. The van der Waals surface area contributed by atoms with Crippen LogP contribution in [-0.2, 0) is 9.59 Å². The summed E-state index contributed by atoms with van der Waals surface area (Å²) in [5.74, 6) is -0.880. The molecule has 1 rings (SSSR count). The Morgan fingerprint density at radius 3 is 2.25 bits per heavy atom. The third kappa shape index (κ3) is 8.39. The van der Waals surface area contributed by atoms with Gasteiger partial charge in [0.1, 0.15) is 0 Å². The molecule has 5 nitrogen and oxygen atoms in total. The minimum atomic E-state index is -1.40. The second kappa shape index (κ2) is 11.1. The molecule has 0 radical (unpaired) electrons. The fraction of sp³-hybridized carbons (Fsp3) is 0.737. The van der Waals surface area contributed by atoms with Crippen LogP contribution in [0.25, 0.3) is 0 Å². The number of hydrogen-bond donors (Lipinski definition) is 2. The van der Waals surface area contributed by atoms with Gasteiger partial charge in [-0.05, 0) is 18.9 Å². The average molecular weight is 337 g/mol. The highest BCUT2D eigenvalue weighted by atomic mass is 16.4. The van der Waals surface area contributed by atoms with Crippen LogP contribution >= 0.6 is 0 Å². The van der Waals surface area contributed by atoms with Crippen LogP contribution in [0.2, 0.25) is 0 Å².